The zero-order valence-corrected chi connectivity index (χ0v) is 19.2. The molecule has 2 N–H and O–H groups in total. The standard InChI is InChI=1S/C21H24N4O3S2/c1-11-6-7-16(28-5)15(8-11)25-17(26)9-22-18(27)10-29-20-19-12(2)13(3)30-21(19)24-14(4)23-20/h6-8H,9-10H2,1-5H3,(H,22,27)(H,25,26). The largest absolute Gasteiger partial charge is 0.495 e. The van der Waals surface area contributed by atoms with Gasteiger partial charge >= 0.3 is 0 Å². The summed E-state index contributed by atoms with van der Waals surface area (Å²) in [5.74, 6) is 0.863. The van der Waals surface area contributed by atoms with Crippen LogP contribution in [0.2, 0.25) is 0 Å². The van der Waals surface area contributed by atoms with Gasteiger partial charge in [-0.2, -0.15) is 0 Å². The van der Waals surface area contributed by atoms with Crippen LogP contribution in [-0.4, -0.2) is 41.2 Å². The number of amides is 2. The van der Waals surface area contributed by atoms with Crippen molar-refractivity contribution in [2.45, 2.75) is 32.7 Å². The van der Waals surface area contributed by atoms with Crippen molar-refractivity contribution in [1.82, 2.24) is 15.3 Å². The van der Waals surface area contributed by atoms with Crippen molar-refractivity contribution in [3.05, 3.63) is 40.0 Å². The zero-order valence-electron chi connectivity index (χ0n) is 17.6. The second-order valence-electron chi connectivity index (χ2n) is 6.86. The third-order valence-electron chi connectivity index (χ3n) is 4.52. The predicted molar refractivity (Wildman–Crippen MR) is 122 cm³/mol. The van der Waals surface area contributed by atoms with E-state index in [9.17, 15) is 9.59 Å². The topological polar surface area (TPSA) is 93.2 Å². The van der Waals surface area contributed by atoms with Gasteiger partial charge in [-0.15, -0.1) is 11.3 Å². The van der Waals surface area contributed by atoms with Crippen LogP contribution in [0.5, 0.6) is 5.75 Å². The molecular formula is C21H24N4O3S2. The molecule has 0 atom stereocenters. The SMILES string of the molecule is COc1ccc(C)cc1NC(=O)CNC(=O)CSc1nc(C)nc2sc(C)c(C)c12. The minimum Gasteiger partial charge on any atom is -0.495 e. The van der Waals surface area contributed by atoms with E-state index in [0.717, 1.165) is 26.4 Å². The Morgan fingerprint density at radius 3 is 2.63 bits per heavy atom. The molecule has 0 radical (unpaired) electrons. The Morgan fingerprint density at radius 2 is 1.90 bits per heavy atom. The van der Waals surface area contributed by atoms with Crippen molar-refractivity contribution in [3.63, 3.8) is 0 Å². The highest BCUT2D eigenvalue weighted by atomic mass is 32.2. The van der Waals surface area contributed by atoms with Crippen LogP contribution in [0.15, 0.2) is 23.2 Å². The van der Waals surface area contributed by atoms with Crippen LogP contribution in [0.1, 0.15) is 21.8 Å². The molecule has 3 aromatic rings. The van der Waals surface area contributed by atoms with E-state index in [4.69, 9.17) is 4.74 Å². The summed E-state index contributed by atoms with van der Waals surface area (Å²) in [5.41, 5.74) is 2.72. The molecule has 3 rings (SSSR count). The number of aryl methyl sites for hydroxylation is 4. The summed E-state index contributed by atoms with van der Waals surface area (Å²) < 4.78 is 5.25. The molecule has 158 valence electrons. The zero-order chi connectivity index (χ0) is 21.8. The number of thioether (sulfide) groups is 1. The van der Waals surface area contributed by atoms with Crippen molar-refractivity contribution in [2.75, 3.05) is 24.7 Å². The molecule has 0 saturated heterocycles. The highest BCUT2D eigenvalue weighted by Gasteiger charge is 2.16. The number of ether oxygens (including phenoxy) is 1. The molecule has 2 amide bonds. The lowest BCUT2D eigenvalue weighted by atomic mass is 10.2. The van der Waals surface area contributed by atoms with E-state index in [1.54, 1.807) is 24.5 Å². The molecule has 0 bridgehead atoms. The number of methoxy groups -OCH3 is 1. The van der Waals surface area contributed by atoms with Crippen LogP contribution in [0.4, 0.5) is 5.69 Å². The van der Waals surface area contributed by atoms with Crippen LogP contribution in [-0.2, 0) is 9.59 Å². The van der Waals surface area contributed by atoms with E-state index in [1.807, 2.05) is 32.9 Å². The first-order valence-corrected chi connectivity index (χ1v) is 11.2. The van der Waals surface area contributed by atoms with Gasteiger partial charge in [0, 0.05) is 10.3 Å². The summed E-state index contributed by atoms with van der Waals surface area (Å²) >= 11 is 2.99. The first-order valence-electron chi connectivity index (χ1n) is 9.36. The molecule has 1 aromatic carbocycles. The fourth-order valence-corrected chi connectivity index (χ4v) is 5.00. The minimum absolute atomic E-state index is 0.120. The van der Waals surface area contributed by atoms with Gasteiger partial charge < -0.3 is 15.4 Å². The molecule has 7 nitrogen and oxygen atoms in total. The van der Waals surface area contributed by atoms with E-state index < -0.39 is 0 Å². The number of aromatic nitrogens is 2. The number of nitrogens with one attached hydrogen (secondary N) is 2. The Labute approximate surface area is 183 Å². The quantitative estimate of drug-likeness (QED) is 0.426. The van der Waals surface area contributed by atoms with Gasteiger partial charge in [0.1, 0.15) is 21.4 Å². The Balaban J connectivity index is 1.58. The molecule has 9 heteroatoms. The maximum atomic E-state index is 12.3. The fourth-order valence-electron chi connectivity index (χ4n) is 2.90. The molecule has 0 aliphatic carbocycles. The predicted octanol–water partition coefficient (Wildman–Crippen LogP) is 3.78. The van der Waals surface area contributed by atoms with Gasteiger partial charge in [-0.3, -0.25) is 9.59 Å². The van der Waals surface area contributed by atoms with Gasteiger partial charge in [-0.05, 0) is 51.0 Å². The van der Waals surface area contributed by atoms with Gasteiger partial charge in [-0.25, -0.2) is 9.97 Å². The Kier molecular flexibility index (Phi) is 6.94. The van der Waals surface area contributed by atoms with Crippen LogP contribution < -0.4 is 15.4 Å². The molecule has 30 heavy (non-hydrogen) atoms. The van der Waals surface area contributed by atoms with E-state index in [0.29, 0.717) is 17.3 Å². The van der Waals surface area contributed by atoms with Gasteiger partial charge in [0.05, 0.1) is 25.1 Å². The number of rotatable bonds is 7. The van der Waals surface area contributed by atoms with Crippen molar-refractivity contribution >= 4 is 50.8 Å². The highest BCUT2D eigenvalue weighted by Crippen LogP contribution is 2.35. The molecule has 0 fully saturated rings. The number of hydrogen-bond donors (Lipinski definition) is 2. The van der Waals surface area contributed by atoms with E-state index in [-0.39, 0.29) is 24.1 Å². The number of benzene rings is 1. The number of carbonyl (C=O) groups excluding carboxylic acids is 2. The first-order chi connectivity index (χ1) is 14.3. The molecule has 0 aliphatic heterocycles. The number of hydrogen-bond acceptors (Lipinski definition) is 7. The van der Waals surface area contributed by atoms with Crippen molar-refractivity contribution < 1.29 is 14.3 Å². The Morgan fingerprint density at radius 1 is 1.13 bits per heavy atom. The van der Waals surface area contributed by atoms with E-state index in [1.165, 1.54) is 16.6 Å². The minimum atomic E-state index is -0.318. The molecular weight excluding hydrogens is 420 g/mol. The van der Waals surface area contributed by atoms with Gasteiger partial charge in [-0.1, -0.05) is 17.8 Å². The van der Waals surface area contributed by atoms with Crippen LogP contribution in [0.3, 0.4) is 0 Å². The molecule has 0 aliphatic rings. The van der Waals surface area contributed by atoms with Crippen molar-refractivity contribution in [3.8, 4) is 5.75 Å². The van der Waals surface area contributed by atoms with Gasteiger partial charge in [0.2, 0.25) is 11.8 Å². The number of anilines is 1. The van der Waals surface area contributed by atoms with Crippen LogP contribution >= 0.6 is 23.1 Å². The summed E-state index contributed by atoms with van der Waals surface area (Å²) in [6.45, 7) is 7.75. The summed E-state index contributed by atoms with van der Waals surface area (Å²) in [5, 5.41) is 7.22. The Hall–Kier alpha value is -2.65. The third kappa shape index (κ3) is 5.09. The van der Waals surface area contributed by atoms with Crippen LogP contribution in [0.25, 0.3) is 10.2 Å². The van der Waals surface area contributed by atoms with Crippen molar-refractivity contribution in [2.24, 2.45) is 0 Å². The van der Waals surface area contributed by atoms with E-state index >= 15 is 0 Å². The smallest absolute Gasteiger partial charge is 0.243 e. The molecule has 0 saturated carbocycles. The number of thiophene rings is 1. The first kappa shape index (κ1) is 22.0. The van der Waals surface area contributed by atoms with Crippen molar-refractivity contribution in [1.29, 1.82) is 0 Å². The maximum absolute atomic E-state index is 12.3. The highest BCUT2D eigenvalue weighted by molar-refractivity contribution is 8.00. The fraction of sp³-hybridized carbons (Fsp3) is 0.333. The maximum Gasteiger partial charge on any atom is 0.243 e. The average Bonchev–Trinajstić information content (AvgIpc) is 2.98. The number of carbonyl (C=O) groups is 2. The molecule has 2 aromatic heterocycles. The molecule has 0 unspecified atom stereocenters. The lowest BCUT2D eigenvalue weighted by molar-refractivity contribution is -0.122. The normalized spacial score (nSPS) is 10.8. The lowest BCUT2D eigenvalue weighted by Crippen LogP contribution is -2.34. The summed E-state index contributed by atoms with van der Waals surface area (Å²) in [4.78, 5) is 35.7. The Bertz CT molecular complexity index is 1110. The second-order valence-corrected chi connectivity index (χ2v) is 9.02. The van der Waals surface area contributed by atoms with Crippen LogP contribution in [0, 0.1) is 27.7 Å². The second kappa shape index (κ2) is 9.44. The van der Waals surface area contributed by atoms with Gasteiger partial charge in [0.25, 0.3) is 0 Å². The molecule has 2 heterocycles. The summed E-state index contributed by atoms with van der Waals surface area (Å²) in [6, 6.07) is 5.51. The monoisotopic (exact) mass is 444 g/mol. The number of nitrogens with zero attached hydrogens (tertiary/aromatic N) is 2. The molecule has 0 spiro atoms. The summed E-state index contributed by atoms with van der Waals surface area (Å²) in [7, 11) is 1.54. The average molecular weight is 445 g/mol. The van der Waals surface area contributed by atoms with Gasteiger partial charge in [0.15, 0.2) is 0 Å². The van der Waals surface area contributed by atoms with E-state index in [2.05, 4.69) is 27.5 Å². The summed E-state index contributed by atoms with van der Waals surface area (Å²) in [6.07, 6.45) is 0. The lowest BCUT2D eigenvalue weighted by Gasteiger charge is -2.11. The number of fused-ring (bicyclic) bond motifs is 1. The third-order valence-corrected chi connectivity index (χ3v) is 6.60.